The summed E-state index contributed by atoms with van der Waals surface area (Å²) in [5.41, 5.74) is -0.640. The van der Waals surface area contributed by atoms with Gasteiger partial charge < -0.3 is 10.1 Å². The Kier molecular flexibility index (Phi) is 8.59. The summed E-state index contributed by atoms with van der Waals surface area (Å²) < 4.78 is 45.4. The fraction of sp³-hybridized carbons (Fsp3) is 0.385. The maximum atomic E-state index is 13.0. The summed E-state index contributed by atoms with van der Waals surface area (Å²) in [6.07, 6.45) is -2.33. The predicted molar refractivity (Wildman–Crippen MR) is 130 cm³/mol. The minimum atomic E-state index is -4.45. The molecule has 34 heavy (non-hydrogen) atoms. The van der Waals surface area contributed by atoms with Gasteiger partial charge in [-0.2, -0.15) is 18.4 Å². The summed E-state index contributed by atoms with van der Waals surface area (Å²) in [6, 6.07) is 11.8. The first-order valence-electron chi connectivity index (χ1n) is 10.6. The van der Waals surface area contributed by atoms with E-state index in [2.05, 4.69) is 42.0 Å². The number of hydrogen-bond donors (Lipinski definition) is 1. The van der Waals surface area contributed by atoms with Gasteiger partial charge in [-0.05, 0) is 67.7 Å². The highest BCUT2D eigenvalue weighted by atomic mass is 79.9. The van der Waals surface area contributed by atoms with Gasteiger partial charge in [0.25, 0.3) is 5.91 Å². The molecular formula is C26H28BrF3N2O2. The molecule has 0 aromatic heterocycles. The Balaban J connectivity index is 2.27. The van der Waals surface area contributed by atoms with Gasteiger partial charge in [-0.1, -0.05) is 48.8 Å². The molecule has 0 heterocycles. The van der Waals surface area contributed by atoms with E-state index in [1.807, 2.05) is 19.9 Å². The Morgan fingerprint density at radius 3 is 2.38 bits per heavy atom. The first-order chi connectivity index (χ1) is 15.6. The van der Waals surface area contributed by atoms with Crippen LogP contribution >= 0.6 is 15.9 Å². The largest absolute Gasteiger partial charge is 0.488 e. The second-order valence-corrected chi connectivity index (χ2v) is 10.8. The summed E-state index contributed by atoms with van der Waals surface area (Å²) in [5, 5.41) is 12.5. The number of nitrogens with one attached hydrogen (secondary N) is 1. The van der Waals surface area contributed by atoms with Crippen LogP contribution in [-0.2, 0) is 17.6 Å². The summed E-state index contributed by atoms with van der Waals surface area (Å²) in [7, 11) is 0. The third-order valence-electron chi connectivity index (χ3n) is 4.71. The van der Waals surface area contributed by atoms with Crippen LogP contribution in [0.25, 0.3) is 6.08 Å². The molecule has 0 fully saturated rings. The number of nitrogens with zero attached hydrogens (tertiary/aromatic N) is 1. The zero-order valence-corrected chi connectivity index (χ0v) is 21.4. The number of carbonyl (C=O) groups is 1. The van der Waals surface area contributed by atoms with Crippen LogP contribution < -0.4 is 10.1 Å². The third kappa shape index (κ3) is 8.53. The normalized spacial score (nSPS) is 12.8. The van der Waals surface area contributed by atoms with Crippen LogP contribution in [-0.4, -0.2) is 11.4 Å². The molecule has 2 aromatic rings. The highest BCUT2D eigenvalue weighted by Gasteiger charge is 2.30. The minimum absolute atomic E-state index is 0.0258. The predicted octanol–water partition coefficient (Wildman–Crippen LogP) is 7.28. The number of ether oxygens (including phenoxy) is 1. The second-order valence-electron chi connectivity index (χ2n) is 9.91. The van der Waals surface area contributed by atoms with E-state index in [0.29, 0.717) is 27.8 Å². The van der Waals surface area contributed by atoms with Crippen LogP contribution in [0, 0.1) is 16.7 Å². The number of hydrogen-bond acceptors (Lipinski definition) is 3. The molecule has 8 heteroatoms. The van der Waals surface area contributed by atoms with Crippen molar-refractivity contribution >= 4 is 27.9 Å². The highest BCUT2D eigenvalue weighted by molar-refractivity contribution is 9.10. The molecule has 2 rings (SSSR count). The molecule has 182 valence electrons. The zero-order valence-electron chi connectivity index (χ0n) is 19.8. The maximum absolute atomic E-state index is 13.0. The third-order valence-corrected chi connectivity index (χ3v) is 5.20. The Morgan fingerprint density at radius 2 is 1.79 bits per heavy atom. The van der Waals surface area contributed by atoms with E-state index < -0.39 is 23.2 Å². The molecule has 0 saturated carbocycles. The van der Waals surface area contributed by atoms with Crippen molar-refractivity contribution < 1.29 is 22.7 Å². The SMILES string of the molecule is CC(C)(C)CC(C)(C)NC(=O)/C(C#N)=C/c1cc(Br)ccc1OCc1cccc(C(F)(F)F)c1. The van der Waals surface area contributed by atoms with E-state index in [1.165, 1.54) is 18.2 Å². The Labute approximate surface area is 206 Å². The molecule has 0 aliphatic rings. The summed E-state index contributed by atoms with van der Waals surface area (Å²) in [6.45, 7) is 9.88. The van der Waals surface area contributed by atoms with Crippen LogP contribution in [0.2, 0.25) is 0 Å². The van der Waals surface area contributed by atoms with Gasteiger partial charge >= 0.3 is 6.18 Å². The van der Waals surface area contributed by atoms with Crippen molar-refractivity contribution in [3.8, 4) is 11.8 Å². The molecule has 0 aliphatic heterocycles. The van der Waals surface area contributed by atoms with Crippen molar-refractivity contribution in [2.45, 2.75) is 59.4 Å². The molecule has 1 N–H and O–H groups in total. The van der Waals surface area contributed by atoms with E-state index in [-0.39, 0.29) is 17.6 Å². The molecule has 0 spiro atoms. The van der Waals surface area contributed by atoms with Crippen LogP contribution in [0.1, 0.15) is 57.7 Å². The lowest BCUT2D eigenvalue weighted by molar-refractivity contribution is -0.137. The van der Waals surface area contributed by atoms with E-state index in [4.69, 9.17) is 4.74 Å². The molecule has 1 amide bonds. The molecule has 0 saturated heterocycles. The number of rotatable bonds is 7. The maximum Gasteiger partial charge on any atom is 0.416 e. The van der Waals surface area contributed by atoms with Crippen molar-refractivity contribution in [2.75, 3.05) is 0 Å². The molecule has 0 bridgehead atoms. The van der Waals surface area contributed by atoms with Crippen molar-refractivity contribution in [1.29, 1.82) is 5.26 Å². The van der Waals surface area contributed by atoms with Crippen LogP contribution in [0.5, 0.6) is 5.75 Å². The highest BCUT2D eigenvalue weighted by Crippen LogP contribution is 2.31. The molecule has 0 atom stereocenters. The number of amides is 1. The lowest BCUT2D eigenvalue weighted by Gasteiger charge is -2.33. The van der Waals surface area contributed by atoms with E-state index in [9.17, 15) is 23.2 Å². The van der Waals surface area contributed by atoms with Gasteiger partial charge in [-0.15, -0.1) is 0 Å². The fourth-order valence-electron chi connectivity index (χ4n) is 3.81. The first kappa shape index (κ1) is 27.5. The first-order valence-corrected chi connectivity index (χ1v) is 11.4. The van der Waals surface area contributed by atoms with E-state index >= 15 is 0 Å². The number of benzene rings is 2. The number of halogens is 4. The monoisotopic (exact) mass is 536 g/mol. The van der Waals surface area contributed by atoms with Gasteiger partial charge in [-0.3, -0.25) is 4.79 Å². The molecule has 0 unspecified atom stereocenters. The Morgan fingerprint density at radius 1 is 1.12 bits per heavy atom. The second kappa shape index (κ2) is 10.6. The van der Waals surface area contributed by atoms with Gasteiger partial charge in [0.1, 0.15) is 24.0 Å². The fourth-order valence-corrected chi connectivity index (χ4v) is 4.19. The summed E-state index contributed by atoms with van der Waals surface area (Å²) in [4.78, 5) is 12.8. The standard InChI is InChI=1S/C26H28BrF3N2O2/c1-24(2,3)16-25(4,5)32-23(33)19(14-31)12-18-13-21(27)9-10-22(18)34-15-17-7-6-8-20(11-17)26(28,29)30/h6-13H,15-16H2,1-5H3,(H,32,33)/b19-12+. The average Bonchev–Trinajstić information content (AvgIpc) is 2.68. The quantitative estimate of drug-likeness (QED) is 0.298. The Bertz CT molecular complexity index is 1110. The Hall–Kier alpha value is -2.79. The lowest BCUT2D eigenvalue weighted by atomic mass is 9.81. The number of carbonyl (C=O) groups excluding carboxylic acids is 1. The molecule has 0 radical (unpaired) electrons. The number of alkyl halides is 3. The number of nitriles is 1. The van der Waals surface area contributed by atoms with Gasteiger partial charge in [0.15, 0.2) is 0 Å². The molecule has 2 aromatic carbocycles. The zero-order chi connectivity index (χ0) is 25.7. The van der Waals surface area contributed by atoms with Crippen molar-refractivity contribution in [1.82, 2.24) is 5.32 Å². The van der Waals surface area contributed by atoms with Crippen molar-refractivity contribution in [2.24, 2.45) is 5.41 Å². The minimum Gasteiger partial charge on any atom is -0.488 e. The average molecular weight is 537 g/mol. The van der Waals surface area contributed by atoms with Crippen LogP contribution in [0.4, 0.5) is 13.2 Å². The smallest absolute Gasteiger partial charge is 0.416 e. The summed E-state index contributed by atoms with van der Waals surface area (Å²) >= 11 is 3.36. The molecular weight excluding hydrogens is 509 g/mol. The van der Waals surface area contributed by atoms with Gasteiger partial charge in [0.2, 0.25) is 0 Å². The molecule has 0 aliphatic carbocycles. The topological polar surface area (TPSA) is 62.1 Å². The van der Waals surface area contributed by atoms with Gasteiger partial charge in [-0.25, -0.2) is 0 Å². The van der Waals surface area contributed by atoms with E-state index in [1.54, 1.807) is 18.2 Å². The van der Waals surface area contributed by atoms with E-state index in [0.717, 1.165) is 12.1 Å². The van der Waals surface area contributed by atoms with Crippen LogP contribution in [0.15, 0.2) is 52.5 Å². The van der Waals surface area contributed by atoms with Gasteiger partial charge in [0, 0.05) is 15.6 Å². The van der Waals surface area contributed by atoms with Crippen LogP contribution in [0.3, 0.4) is 0 Å². The van der Waals surface area contributed by atoms with Gasteiger partial charge in [0.05, 0.1) is 5.56 Å². The summed E-state index contributed by atoms with van der Waals surface area (Å²) in [5.74, 6) is -0.185. The van der Waals surface area contributed by atoms with Crippen molar-refractivity contribution in [3.05, 3.63) is 69.2 Å². The lowest BCUT2D eigenvalue weighted by Crippen LogP contribution is -2.46. The molecule has 4 nitrogen and oxygen atoms in total. The van der Waals surface area contributed by atoms with Crippen molar-refractivity contribution in [3.63, 3.8) is 0 Å².